The summed E-state index contributed by atoms with van der Waals surface area (Å²) in [5, 5.41) is 5.85. The summed E-state index contributed by atoms with van der Waals surface area (Å²) in [5.74, 6) is 0. The average molecular weight is 438 g/mol. The molecule has 0 spiro atoms. The normalized spacial score (nSPS) is 14.6. The van der Waals surface area contributed by atoms with Crippen LogP contribution in [-0.4, -0.2) is 52.1 Å². The second-order valence-corrected chi connectivity index (χ2v) is 7.91. The fourth-order valence-electron chi connectivity index (χ4n) is 4.12. The number of imidazole rings is 1. The van der Waals surface area contributed by atoms with Crippen LogP contribution < -0.4 is 4.90 Å². The highest BCUT2D eigenvalue weighted by molar-refractivity contribution is 5.97. The molecule has 0 bridgehead atoms. The van der Waals surface area contributed by atoms with Gasteiger partial charge in [0.25, 0.3) is 0 Å². The van der Waals surface area contributed by atoms with Crippen molar-refractivity contribution in [3.05, 3.63) is 78.6 Å². The Hall–Kier alpha value is -4.04. The van der Waals surface area contributed by atoms with Crippen molar-refractivity contribution in [3.63, 3.8) is 0 Å². The molecule has 5 heterocycles. The summed E-state index contributed by atoms with van der Waals surface area (Å²) in [4.78, 5) is 16.0. The topological polar surface area (TPSA) is 81.0 Å². The second-order valence-electron chi connectivity index (χ2n) is 7.91. The van der Waals surface area contributed by atoms with E-state index >= 15 is 0 Å². The number of hydrogen-bond donors (Lipinski definition) is 0. The summed E-state index contributed by atoms with van der Waals surface area (Å²) in [5.41, 5.74) is 6.44. The summed E-state index contributed by atoms with van der Waals surface area (Å²) in [6.45, 7) is 3.50. The van der Waals surface area contributed by atoms with E-state index in [1.54, 1.807) is 18.7 Å². The Kier molecular flexibility index (Phi) is 5.04. The van der Waals surface area contributed by atoms with Crippen molar-refractivity contribution in [2.24, 2.45) is 4.99 Å². The van der Waals surface area contributed by atoms with Crippen LogP contribution in [0.4, 0.5) is 5.69 Å². The molecule has 1 aromatic carbocycles. The number of benzene rings is 1. The van der Waals surface area contributed by atoms with Crippen LogP contribution in [0.3, 0.4) is 0 Å². The number of para-hydroxylation sites is 1. The van der Waals surface area contributed by atoms with Crippen LogP contribution in [0.25, 0.3) is 27.9 Å². The van der Waals surface area contributed by atoms with Gasteiger partial charge in [-0.2, -0.15) is 5.10 Å². The number of pyridine rings is 1. The molecule has 1 fully saturated rings. The summed E-state index contributed by atoms with van der Waals surface area (Å²) < 4.78 is 13.0. The van der Waals surface area contributed by atoms with Gasteiger partial charge in [-0.15, -0.1) is 0 Å². The van der Waals surface area contributed by atoms with Gasteiger partial charge in [0.1, 0.15) is 11.8 Å². The first-order valence-corrected chi connectivity index (χ1v) is 10.9. The van der Waals surface area contributed by atoms with Crippen molar-refractivity contribution in [2.75, 3.05) is 31.2 Å². The van der Waals surface area contributed by atoms with Crippen LogP contribution >= 0.6 is 0 Å². The van der Waals surface area contributed by atoms with Crippen LogP contribution in [0.5, 0.6) is 0 Å². The van der Waals surface area contributed by atoms with E-state index in [0.29, 0.717) is 19.8 Å². The van der Waals surface area contributed by atoms with E-state index in [9.17, 15) is 0 Å². The summed E-state index contributed by atoms with van der Waals surface area (Å²) in [7, 11) is 0. The Morgan fingerprint density at radius 1 is 1.06 bits per heavy atom. The average Bonchev–Trinajstić information content (AvgIpc) is 3.49. The van der Waals surface area contributed by atoms with E-state index < -0.39 is 0 Å². The summed E-state index contributed by atoms with van der Waals surface area (Å²) in [6.07, 6.45) is 9.10. The molecule has 0 aliphatic carbocycles. The number of morpholine rings is 1. The SMILES string of the molecule is C(=NCc1cc(N2CCOCC2)c2nc(-c3ccncc3)cn2n1)c1coc2ccccc12. The fourth-order valence-corrected chi connectivity index (χ4v) is 4.12. The smallest absolute Gasteiger partial charge is 0.177 e. The Bertz CT molecular complexity index is 1430. The van der Waals surface area contributed by atoms with E-state index in [1.165, 1.54) is 0 Å². The van der Waals surface area contributed by atoms with Crippen molar-refractivity contribution in [1.29, 1.82) is 0 Å². The third-order valence-corrected chi connectivity index (χ3v) is 5.78. The van der Waals surface area contributed by atoms with Gasteiger partial charge in [0.05, 0.1) is 43.0 Å². The summed E-state index contributed by atoms with van der Waals surface area (Å²) in [6, 6.07) is 14.0. The molecule has 0 amide bonds. The molecule has 0 radical (unpaired) electrons. The number of furan rings is 1. The van der Waals surface area contributed by atoms with Crippen LogP contribution in [0.2, 0.25) is 0 Å². The van der Waals surface area contributed by atoms with Crippen molar-refractivity contribution in [3.8, 4) is 11.3 Å². The highest BCUT2D eigenvalue weighted by Crippen LogP contribution is 2.27. The number of nitrogens with zero attached hydrogens (tertiary/aromatic N) is 6. The third kappa shape index (κ3) is 3.85. The lowest BCUT2D eigenvalue weighted by atomic mass is 10.2. The van der Waals surface area contributed by atoms with Gasteiger partial charge in [-0.25, -0.2) is 9.50 Å². The minimum absolute atomic E-state index is 0.454. The molecular weight excluding hydrogens is 416 g/mol. The van der Waals surface area contributed by atoms with Gasteiger partial charge in [-0.3, -0.25) is 9.98 Å². The van der Waals surface area contributed by atoms with Crippen molar-refractivity contribution < 1.29 is 9.15 Å². The highest BCUT2D eigenvalue weighted by atomic mass is 16.5. The molecule has 0 saturated carbocycles. The van der Waals surface area contributed by atoms with Crippen LogP contribution in [0.15, 0.2) is 76.7 Å². The van der Waals surface area contributed by atoms with Gasteiger partial charge in [0.15, 0.2) is 5.65 Å². The van der Waals surface area contributed by atoms with Crippen molar-refractivity contribution >= 4 is 28.5 Å². The first-order valence-electron chi connectivity index (χ1n) is 10.9. The van der Waals surface area contributed by atoms with Gasteiger partial charge in [-0.1, -0.05) is 18.2 Å². The predicted octanol–water partition coefficient (Wildman–Crippen LogP) is 3.99. The molecule has 1 saturated heterocycles. The number of fused-ring (bicyclic) bond motifs is 2. The standard InChI is InChI=1S/C25H22N6O2/c1-2-4-24-21(3-1)19(17-33-24)14-27-15-20-13-23(30-9-11-32-12-10-30)25-28-22(16-31(25)29-20)18-5-7-26-8-6-18/h1-8,13-14,16-17H,9-12,15H2. The summed E-state index contributed by atoms with van der Waals surface area (Å²) >= 11 is 0. The molecule has 1 aliphatic heterocycles. The van der Waals surface area contributed by atoms with Gasteiger partial charge >= 0.3 is 0 Å². The second kappa shape index (κ2) is 8.48. The lowest BCUT2D eigenvalue weighted by Gasteiger charge is -2.29. The predicted molar refractivity (Wildman–Crippen MR) is 127 cm³/mol. The third-order valence-electron chi connectivity index (χ3n) is 5.78. The lowest BCUT2D eigenvalue weighted by molar-refractivity contribution is 0.123. The van der Waals surface area contributed by atoms with Crippen molar-refractivity contribution in [2.45, 2.75) is 6.54 Å². The Morgan fingerprint density at radius 2 is 1.91 bits per heavy atom. The lowest BCUT2D eigenvalue weighted by Crippen LogP contribution is -2.36. The van der Waals surface area contributed by atoms with Crippen molar-refractivity contribution in [1.82, 2.24) is 19.6 Å². The molecule has 8 nitrogen and oxygen atoms in total. The van der Waals surface area contributed by atoms with E-state index in [0.717, 1.165) is 57.9 Å². The number of aromatic nitrogens is 4. The fraction of sp³-hybridized carbons (Fsp3) is 0.200. The molecule has 33 heavy (non-hydrogen) atoms. The maximum Gasteiger partial charge on any atom is 0.177 e. The van der Waals surface area contributed by atoms with Crippen LogP contribution in [0.1, 0.15) is 11.3 Å². The maximum absolute atomic E-state index is 5.61. The largest absolute Gasteiger partial charge is 0.464 e. The Labute approximate surface area is 190 Å². The highest BCUT2D eigenvalue weighted by Gasteiger charge is 2.18. The minimum atomic E-state index is 0.454. The molecule has 8 heteroatoms. The van der Waals surface area contributed by atoms with Gasteiger partial charge < -0.3 is 14.1 Å². The monoisotopic (exact) mass is 438 g/mol. The number of hydrogen-bond acceptors (Lipinski definition) is 7. The van der Waals surface area contributed by atoms with Gasteiger partial charge in [0, 0.05) is 48.2 Å². The van der Waals surface area contributed by atoms with E-state index in [4.69, 9.17) is 19.2 Å². The van der Waals surface area contributed by atoms with Crippen LogP contribution in [0, 0.1) is 0 Å². The first-order chi connectivity index (χ1) is 16.3. The minimum Gasteiger partial charge on any atom is -0.464 e. The molecule has 5 aromatic rings. The van der Waals surface area contributed by atoms with Gasteiger partial charge in [-0.05, 0) is 24.3 Å². The van der Waals surface area contributed by atoms with E-state index in [1.807, 2.05) is 53.3 Å². The number of ether oxygens (including phenoxy) is 1. The number of aliphatic imine (C=N–C) groups is 1. The molecule has 4 aromatic heterocycles. The zero-order chi connectivity index (χ0) is 22.0. The number of rotatable bonds is 5. The Balaban J connectivity index is 1.36. The molecule has 0 N–H and O–H groups in total. The molecular formula is C25H22N6O2. The van der Waals surface area contributed by atoms with Crippen LogP contribution in [-0.2, 0) is 11.3 Å². The Morgan fingerprint density at radius 3 is 2.79 bits per heavy atom. The molecule has 6 rings (SSSR count). The van der Waals surface area contributed by atoms with E-state index in [-0.39, 0.29) is 0 Å². The van der Waals surface area contributed by atoms with E-state index in [2.05, 4.69) is 20.9 Å². The maximum atomic E-state index is 5.61. The molecule has 164 valence electrons. The number of anilines is 1. The zero-order valence-electron chi connectivity index (χ0n) is 18.0. The molecule has 0 unspecified atom stereocenters. The first kappa shape index (κ1) is 19.6. The van der Waals surface area contributed by atoms with Gasteiger partial charge in [0.2, 0.25) is 0 Å². The zero-order valence-corrected chi connectivity index (χ0v) is 18.0. The molecule has 1 aliphatic rings. The quantitative estimate of drug-likeness (QED) is 0.386. The molecule has 0 atom stereocenters.